The van der Waals surface area contributed by atoms with Crippen molar-refractivity contribution in [3.8, 4) is 0 Å². The van der Waals surface area contributed by atoms with E-state index < -0.39 is 0 Å². The van der Waals surface area contributed by atoms with Crippen LogP contribution in [0.1, 0.15) is 38.8 Å². The van der Waals surface area contributed by atoms with Crippen LogP contribution in [0.5, 0.6) is 0 Å². The molecule has 1 aromatic rings. The average molecular weight is 318 g/mol. The topological polar surface area (TPSA) is 65.5 Å². The number of nitrogens with zero attached hydrogens (tertiary/aromatic N) is 1. The Kier molecular flexibility index (Phi) is 7.59. The van der Waals surface area contributed by atoms with Gasteiger partial charge in [0.1, 0.15) is 0 Å². The van der Waals surface area contributed by atoms with E-state index in [4.69, 9.17) is 0 Å². The highest BCUT2D eigenvalue weighted by atomic mass is 16.2. The largest absolute Gasteiger partial charge is 0.356 e. The van der Waals surface area contributed by atoms with E-state index >= 15 is 0 Å². The molecule has 5 heteroatoms. The summed E-state index contributed by atoms with van der Waals surface area (Å²) in [7, 11) is 1.70. The van der Waals surface area contributed by atoms with Crippen LogP contribution >= 0.6 is 0 Å². The lowest BCUT2D eigenvalue weighted by molar-refractivity contribution is -0.121. The summed E-state index contributed by atoms with van der Waals surface area (Å²) in [6, 6.07) is 8.65. The van der Waals surface area contributed by atoms with E-state index in [0.717, 1.165) is 19.4 Å². The Morgan fingerprint density at radius 2 is 1.70 bits per heavy atom. The van der Waals surface area contributed by atoms with Crippen LogP contribution in [0, 0.1) is 0 Å². The molecule has 0 unspecified atom stereocenters. The predicted molar refractivity (Wildman–Crippen MR) is 96.8 cm³/mol. The third-order valence-electron chi connectivity index (χ3n) is 3.29. The molecule has 0 aliphatic rings. The number of nitrogens with one attached hydrogen (secondary N) is 3. The monoisotopic (exact) mass is 318 g/mol. The number of carbonyl (C=O) groups excluding carboxylic acids is 1. The van der Waals surface area contributed by atoms with Crippen molar-refractivity contribution in [3.63, 3.8) is 0 Å². The van der Waals surface area contributed by atoms with Gasteiger partial charge in [0.15, 0.2) is 5.96 Å². The van der Waals surface area contributed by atoms with Gasteiger partial charge in [-0.3, -0.25) is 9.79 Å². The van der Waals surface area contributed by atoms with Gasteiger partial charge in [0, 0.05) is 19.1 Å². The zero-order valence-corrected chi connectivity index (χ0v) is 15.0. The molecule has 0 fully saturated rings. The van der Waals surface area contributed by atoms with Gasteiger partial charge in [0.25, 0.3) is 0 Å². The third-order valence-corrected chi connectivity index (χ3v) is 3.29. The van der Waals surface area contributed by atoms with E-state index in [2.05, 4.69) is 52.1 Å². The molecule has 0 bridgehead atoms. The summed E-state index contributed by atoms with van der Waals surface area (Å²) < 4.78 is 0. The van der Waals surface area contributed by atoms with Crippen LogP contribution in [0.2, 0.25) is 0 Å². The van der Waals surface area contributed by atoms with Gasteiger partial charge in [-0.1, -0.05) is 31.2 Å². The first-order valence-electron chi connectivity index (χ1n) is 8.17. The first-order chi connectivity index (χ1) is 10.8. The fourth-order valence-electron chi connectivity index (χ4n) is 2.11. The van der Waals surface area contributed by atoms with Gasteiger partial charge >= 0.3 is 0 Å². The summed E-state index contributed by atoms with van der Waals surface area (Å²) in [4.78, 5) is 15.9. The molecule has 5 nitrogen and oxygen atoms in total. The Hall–Kier alpha value is -2.04. The van der Waals surface area contributed by atoms with Crippen molar-refractivity contribution in [2.75, 3.05) is 20.1 Å². The number of amides is 1. The first kappa shape index (κ1) is 19.0. The molecule has 1 rings (SSSR count). The lowest BCUT2D eigenvalue weighted by Crippen LogP contribution is -2.48. The summed E-state index contributed by atoms with van der Waals surface area (Å²) in [5.41, 5.74) is 2.42. The lowest BCUT2D eigenvalue weighted by Gasteiger charge is -2.21. The molecule has 0 saturated carbocycles. The van der Waals surface area contributed by atoms with Gasteiger partial charge in [-0.2, -0.15) is 0 Å². The quantitative estimate of drug-likeness (QED) is 0.554. The number of rotatable bonds is 6. The highest BCUT2D eigenvalue weighted by Crippen LogP contribution is 2.05. The molecule has 3 N–H and O–H groups in total. The molecule has 1 aromatic carbocycles. The van der Waals surface area contributed by atoms with Gasteiger partial charge in [-0.25, -0.2) is 0 Å². The SMILES string of the molecule is CCc1ccc(CCNC(=NC)NCC(=O)NC(C)(C)C)cc1. The second kappa shape index (κ2) is 9.18. The molecule has 0 aliphatic carbocycles. The Labute approximate surface area is 140 Å². The van der Waals surface area contributed by atoms with Gasteiger partial charge in [0.05, 0.1) is 6.54 Å². The van der Waals surface area contributed by atoms with Crippen LogP contribution < -0.4 is 16.0 Å². The summed E-state index contributed by atoms with van der Waals surface area (Å²) in [5, 5.41) is 9.15. The van der Waals surface area contributed by atoms with Crippen LogP contribution in [0.4, 0.5) is 0 Å². The molecule has 23 heavy (non-hydrogen) atoms. The first-order valence-corrected chi connectivity index (χ1v) is 8.17. The van der Waals surface area contributed by atoms with Crippen LogP contribution in [-0.4, -0.2) is 37.5 Å². The standard InChI is InChI=1S/C18H30N4O/c1-6-14-7-9-15(10-8-14)11-12-20-17(19-5)21-13-16(23)22-18(2,3)4/h7-10H,6,11-13H2,1-5H3,(H,22,23)(H2,19,20,21). The molecule has 0 saturated heterocycles. The lowest BCUT2D eigenvalue weighted by atomic mass is 10.1. The van der Waals surface area contributed by atoms with Crippen molar-refractivity contribution in [2.24, 2.45) is 4.99 Å². The van der Waals surface area contributed by atoms with E-state index in [9.17, 15) is 4.79 Å². The van der Waals surface area contributed by atoms with E-state index in [-0.39, 0.29) is 18.0 Å². The molecule has 1 amide bonds. The zero-order valence-electron chi connectivity index (χ0n) is 15.0. The molecule has 0 heterocycles. The Balaban J connectivity index is 2.32. The third kappa shape index (κ3) is 8.24. The summed E-state index contributed by atoms with van der Waals surface area (Å²) in [6.45, 7) is 9.02. The smallest absolute Gasteiger partial charge is 0.239 e. The van der Waals surface area contributed by atoms with E-state index in [1.807, 2.05) is 20.8 Å². The molecule has 128 valence electrons. The van der Waals surface area contributed by atoms with Crippen molar-refractivity contribution >= 4 is 11.9 Å². The Morgan fingerprint density at radius 1 is 1.09 bits per heavy atom. The highest BCUT2D eigenvalue weighted by Gasteiger charge is 2.13. The normalized spacial score (nSPS) is 12.0. The number of aryl methyl sites for hydroxylation is 1. The second-order valence-electron chi connectivity index (χ2n) is 6.57. The number of aliphatic imine (C=N–C) groups is 1. The molecule has 0 aliphatic heterocycles. The van der Waals surface area contributed by atoms with Gasteiger partial charge in [-0.15, -0.1) is 0 Å². The van der Waals surface area contributed by atoms with Crippen molar-refractivity contribution in [1.29, 1.82) is 0 Å². The van der Waals surface area contributed by atoms with Crippen molar-refractivity contribution in [3.05, 3.63) is 35.4 Å². The van der Waals surface area contributed by atoms with Gasteiger partial charge < -0.3 is 16.0 Å². The van der Waals surface area contributed by atoms with E-state index in [1.54, 1.807) is 7.05 Å². The summed E-state index contributed by atoms with van der Waals surface area (Å²) in [5.74, 6) is 0.592. The second-order valence-corrected chi connectivity index (χ2v) is 6.57. The van der Waals surface area contributed by atoms with Crippen molar-refractivity contribution < 1.29 is 4.79 Å². The maximum Gasteiger partial charge on any atom is 0.239 e. The summed E-state index contributed by atoms with van der Waals surface area (Å²) in [6.07, 6.45) is 1.98. The van der Waals surface area contributed by atoms with E-state index in [1.165, 1.54) is 11.1 Å². The maximum absolute atomic E-state index is 11.8. The minimum Gasteiger partial charge on any atom is -0.356 e. The minimum absolute atomic E-state index is 0.0457. The van der Waals surface area contributed by atoms with Crippen LogP contribution in [0.15, 0.2) is 29.3 Å². The Morgan fingerprint density at radius 3 is 2.22 bits per heavy atom. The molecular weight excluding hydrogens is 288 g/mol. The summed E-state index contributed by atoms with van der Waals surface area (Å²) >= 11 is 0. The molecule has 0 radical (unpaired) electrons. The van der Waals surface area contributed by atoms with Crippen LogP contribution in [0.25, 0.3) is 0 Å². The fourth-order valence-corrected chi connectivity index (χ4v) is 2.11. The molecule has 0 spiro atoms. The number of benzene rings is 1. The molecule has 0 aromatic heterocycles. The molecular formula is C18H30N4O. The molecule has 0 atom stereocenters. The average Bonchev–Trinajstić information content (AvgIpc) is 2.49. The highest BCUT2D eigenvalue weighted by molar-refractivity contribution is 5.86. The van der Waals surface area contributed by atoms with Crippen LogP contribution in [0.3, 0.4) is 0 Å². The van der Waals surface area contributed by atoms with Crippen LogP contribution in [-0.2, 0) is 17.6 Å². The predicted octanol–water partition coefficient (Wildman–Crippen LogP) is 1.87. The Bertz CT molecular complexity index is 515. The number of guanidine groups is 1. The van der Waals surface area contributed by atoms with E-state index in [0.29, 0.717) is 5.96 Å². The van der Waals surface area contributed by atoms with Crippen molar-refractivity contribution in [1.82, 2.24) is 16.0 Å². The maximum atomic E-state index is 11.8. The number of hydrogen-bond acceptors (Lipinski definition) is 2. The number of carbonyl (C=O) groups is 1. The fraction of sp³-hybridized carbons (Fsp3) is 0.556. The number of hydrogen-bond donors (Lipinski definition) is 3. The zero-order chi connectivity index (χ0) is 17.3. The van der Waals surface area contributed by atoms with Gasteiger partial charge in [-0.05, 0) is 44.7 Å². The minimum atomic E-state index is -0.222. The van der Waals surface area contributed by atoms with Crippen molar-refractivity contribution in [2.45, 2.75) is 46.1 Å². The van der Waals surface area contributed by atoms with Gasteiger partial charge in [0.2, 0.25) is 5.91 Å².